The summed E-state index contributed by atoms with van der Waals surface area (Å²) in [7, 11) is -3.66. The van der Waals surface area contributed by atoms with Gasteiger partial charge in [0.1, 0.15) is 9.50 Å². The average Bonchev–Trinajstić information content (AvgIpc) is 2.47. The smallest absolute Gasteiger partial charge is 0.210 e. The van der Waals surface area contributed by atoms with Gasteiger partial charge in [-0.25, -0.2) is 8.42 Å². The van der Waals surface area contributed by atoms with Crippen LogP contribution in [0.25, 0.3) is 10.9 Å². The Morgan fingerprint density at radius 2 is 1.62 bits per heavy atom. The number of sulfone groups is 1. The fourth-order valence-corrected chi connectivity index (χ4v) is 4.49. The van der Waals surface area contributed by atoms with Crippen molar-refractivity contribution in [3.05, 3.63) is 58.7 Å². The van der Waals surface area contributed by atoms with Crippen molar-refractivity contribution in [3.8, 4) is 0 Å². The molecule has 0 radical (unpaired) electrons. The van der Waals surface area contributed by atoms with Crippen LogP contribution in [-0.2, 0) is 9.84 Å². The highest BCUT2D eigenvalue weighted by atomic mass is 79.9. The molecule has 106 valence electrons. The average molecular weight is 363 g/mol. The lowest BCUT2D eigenvalue weighted by molar-refractivity contribution is 0.595. The molecule has 21 heavy (non-hydrogen) atoms. The molecule has 0 saturated heterocycles. The summed E-state index contributed by atoms with van der Waals surface area (Å²) in [5, 5.41) is 8.46. The molecule has 0 aliphatic rings. The van der Waals surface area contributed by atoms with E-state index in [0.29, 0.717) is 10.9 Å². The molecule has 0 atom stereocenters. The van der Waals surface area contributed by atoms with E-state index >= 15 is 0 Å². The third kappa shape index (κ3) is 2.45. The van der Waals surface area contributed by atoms with E-state index in [1.807, 2.05) is 6.92 Å². The summed E-state index contributed by atoms with van der Waals surface area (Å²) >= 11 is 3.21. The van der Waals surface area contributed by atoms with E-state index in [1.54, 1.807) is 48.5 Å². The first-order valence-corrected chi connectivity index (χ1v) is 8.50. The first-order chi connectivity index (χ1) is 10.00. The van der Waals surface area contributed by atoms with Gasteiger partial charge in [0.05, 0.1) is 10.4 Å². The van der Waals surface area contributed by atoms with Gasteiger partial charge in [-0.2, -0.15) is 0 Å². The van der Waals surface area contributed by atoms with E-state index < -0.39 is 9.84 Å². The Kier molecular flexibility index (Phi) is 3.51. The molecule has 3 aromatic rings. The monoisotopic (exact) mass is 362 g/mol. The van der Waals surface area contributed by atoms with Gasteiger partial charge in [0.25, 0.3) is 0 Å². The van der Waals surface area contributed by atoms with Crippen molar-refractivity contribution in [1.82, 2.24) is 10.2 Å². The normalized spacial score (nSPS) is 11.7. The number of hydrogen-bond acceptors (Lipinski definition) is 4. The highest BCUT2D eigenvalue weighted by molar-refractivity contribution is 9.10. The summed E-state index contributed by atoms with van der Waals surface area (Å²) in [5.74, 6) is 0. The standard InChI is InChI=1S/C15H11BrN2O2S/c1-10-6-8-11(9-7-10)21(19,20)14-12-4-2-3-5-13(12)17-18-15(14)16/h2-9H,1H3. The number of benzene rings is 2. The van der Waals surface area contributed by atoms with Crippen molar-refractivity contribution in [3.63, 3.8) is 0 Å². The van der Waals surface area contributed by atoms with Crippen LogP contribution >= 0.6 is 15.9 Å². The third-order valence-electron chi connectivity index (χ3n) is 3.18. The summed E-state index contributed by atoms with van der Waals surface area (Å²) in [6.45, 7) is 1.91. The van der Waals surface area contributed by atoms with Gasteiger partial charge in [0.2, 0.25) is 9.84 Å². The zero-order valence-corrected chi connectivity index (χ0v) is 13.5. The predicted molar refractivity (Wildman–Crippen MR) is 83.9 cm³/mol. The van der Waals surface area contributed by atoms with Gasteiger partial charge in [0, 0.05) is 5.39 Å². The Morgan fingerprint density at radius 1 is 0.952 bits per heavy atom. The van der Waals surface area contributed by atoms with Gasteiger partial charge in [-0.05, 0) is 41.1 Å². The maximum atomic E-state index is 12.9. The van der Waals surface area contributed by atoms with Crippen LogP contribution in [0.3, 0.4) is 0 Å². The van der Waals surface area contributed by atoms with Crippen LogP contribution in [-0.4, -0.2) is 18.6 Å². The van der Waals surface area contributed by atoms with E-state index in [0.717, 1.165) is 5.56 Å². The number of fused-ring (bicyclic) bond motifs is 1. The molecule has 0 unspecified atom stereocenters. The molecule has 1 aromatic heterocycles. The topological polar surface area (TPSA) is 59.9 Å². The lowest BCUT2D eigenvalue weighted by atomic mass is 10.2. The predicted octanol–water partition coefficient (Wildman–Crippen LogP) is 3.53. The Hall–Kier alpha value is -1.79. The van der Waals surface area contributed by atoms with Crippen LogP contribution in [0.4, 0.5) is 0 Å². The lowest BCUT2D eigenvalue weighted by Gasteiger charge is -2.09. The lowest BCUT2D eigenvalue weighted by Crippen LogP contribution is -2.06. The summed E-state index contributed by atoms with van der Waals surface area (Å²) in [5.41, 5.74) is 1.55. The molecule has 1 heterocycles. The van der Waals surface area contributed by atoms with Gasteiger partial charge >= 0.3 is 0 Å². The van der Waals surface area contributed by atoms with Crippen LogP contribution in [0.1, 0.15) is 5.56 Å². The fraction of sp³-hybridized carbons (Fsp3) is 0.0667. The zero-order chi connectivity index (χ0) is 15.0. The van der Waals surface area contributed by atoms with Gasteiger partial charge in [-0.15, -0.1) is 10.2 Å². The second-order valence-corrected chi connectivity index (χ2v) is 7.29. The second-order valence-electron chi connectivity index (χ2n) is 4.65. The number of aryl methyl sites for hydroxylation is 1. The maximum Gasteiger partial charge on any atom is 0.210 e. The molecule has 3 rings (SSSR count). The quantitative estimate of drug-likeness (QED) is 0.699. The van der Waals surface area contributed by atoms with Crippen molar-refractivity contribution in [2.24, 2.45) is 0 Å². The second kappa shape index (κ2) is 5.20. The molecule has 2 aromatic carbocycles. The molecular formula is C15H11BrN2O2S. The van der Waals surface area contributed by atoms with Crippen LogP contribution < -0.4 is 0 Å². The number of hydrogen-bond donors (Lipinski definition) is 0. The minimum absolute atomic E-state index is 0.150. The summed E-state index contributed by atoms with van der Waals surface area (Å²) in [4.78, 5) is 0.393. The van der Waals surface area contributed by atoms with E-state index in [1.165, 1.54) is 0 Å². The molecule has 0 fully saturated rings. The van der Waals surface area contributed by atoms with Crippen molar-refractivity contribution >= 4 is 36.7 Å². The minimum atomic E-state index is -3.66. The Morgan fingerprint density at radius 3 is 2.33 bits per heavy atom. The highest BCUT2D eigenvalue weighted by Gasteiger charge is 2.24. The minimum Gasteiger partial charge on any atom is -0.218 e. The van der Waals surface area contributed by atoms with Crippen LogP contribution in [0.5, 0.6) is 0 Å². The number of halogens is 1. The molecule has 4 nitrogen and oxygen atoms in total. The largest absolute Gasteiger partial charge is 0.218 e. The Balaban J connectivity index is 2.33. The van der Waals surface area contributed by atoms with Gasteiger partial charge in [0.15, 0.2) is 0 Å². The van der Waals surface area contributed by atoms with Crippen LogP contribution in [0.2, 0.25) is 0 Å². The van der Waals surface area contributed by atoms with Gasteiger partial charge < -0.3 is 0 Å². The number of nitrogens with zero attached hydrogens (tertiary/aromatic N) is 2. The molecule has 0 spiro atoms. The van der Waals surface area contributed by atoms with E-state index in [-0.39, 0.29) is 14.4 Å². The summed E-state index contributed by atoms with van der Waals surface area (Å²) in [6, 6.07) is 13.8. The molecular weight excluding hydrogens is 352 g/mol. The first-order valence-electron chi connectivity index (χ1n) is 6.23. The molecule has 0 amide bonds. The van der Waals surface area contributed by atoms with Crippen molar-refractivity contribution in [2.75, 3.05) is 0 Å². The number of rotatable bonds is 2. The molecule has 6 heteroatoms. The Labute approximate surface area is 130 Å². The Bertz CT molecular complexity index is 922. The molecule has 0 aliphatic carbocycles. The van der Waals surface area contributed by atoms with Crippen molar-refractivity contribution in [2.45, 2.75) is 16.7 Å². The van der Waals surface area contributed by atoms with Gasteiger partial charge in [-0.1, -0.05) is 35.9 Å². The van der Waals surface area contributed by atoms with Crippen molar-refractivity contribution < 1.29 is 8.42 Å². The van der Waals surface area contributed by atoms with Crippen LogP contribution in [0.15, 0.2) is 62.9 Å². The molecule has 0 N–H and O–H groups in total. The third-order valence-corrected chi connectivity index (χ3v) is 5.84. The van der Waals surface area contributed by atoms with E-state index in [4.69, 9.17) is 0 Å². The SMILES string of the molecule is Cc1ccc(S(=O)(=O)c2c(Br)nnc3ccccc23)cc1. The zero-order valence-electron chi connectivity index (χ0n) is 11.1. The molecule has 0 bridgehead atoms. The van der Waals surface area contributed by atoms with Crippen LogP contribution in [0, 0.1) is 6.92 Å². The van der Waals surface area contributed by atoms with E-state index in [2.05, 4.69) is 26.1 Å². The molecule has 0 aliphatic heterocycles. The highest BCUT2D eigenvalue weighted by Crippen LogP contribution is 2.32. The summed E-state index contributed by atoms with van der Waals surface area (Å²) < 4.78 is 26.0. The fourth-order valence-electron chi connectivity index (χ4n) is 2.10. The molecule has 0 saturated carbocycles. The van der Waals surface area contributed by atoms with Crippen molar-refractivity contribution in [1.29, 1.82) is 0 Å². The first kappa shape index (κ1) is 14.2. The van der Waals surface area contributed by atoms with Gasteiger partial charge in [-0.3, -0.25) is 0 Å². The van der Waals surface area contributed by atoms with E-state index in [9.17, 15) is 8.42 Å². The maximum absolute atomic E-state index is 12.9. The summed E-state index contributed by atoms with van der Waals surface area (Å²) in [6.07, 6.45) is 0. The number of aromatic nitrogens is 2.